The van der Waals surface area contributed by atoms with Crippen LogP contribution in [0.1, 0.15) is 43.5 Å². The van der Waals surface area contributed by atoms with Crippen LogP contribution < -0.4 is 14.2 Å². The van der Waals surface area contributed by atoms with Crippen LogP contribution in [0.2, 0.25) is 0 Å². The highest BCUT2D eigenvalue weighted by Crippen LogP contribution is 2.46. The topological polar surface area (TPSA) is 57.2 Å². The number of rotatable bonds is 4. The Morgan fingerprint density at radius 1 is 1.00 bits per heavy atom. The molecule has 156 valence electrons. The van der Waals surface area contributed by atoms with Gasteiger partial charge in [0.1, 0.15) is 22.8 Å². The first-order valence-corrected chi connectivity index (χ1v) is 9.66. The van der Waals surface area contributed by atoms with Crippen LogP contribution in [0, 0.1) is 0 Å². The van der Waals surface area contributed by atoms with Crippen molar-refractivity contribution in [3.8, 4) is 17.2 Å². The Morgan fingerprint density at radius 2 is 1.62 bits per heavy atom. The highest BCUT2D eigenvalue weighted by Gasteiger charge is 2.38. The van der Waals surface area contributed by atoms with Gasteiger partial charge in [-0.2, -0.15) is 0 Å². The van der Waals surface area contributed by atoms with Crippen LogP contribution in [0.5, 0.6) is 17.2 Å². The van der Waals surface area contributed by atoms with E-state index in [4.69, 9.17) is 18.9 Å². The molecule has 2 aromatic carbocycles. The summed E-state index contributed by atoms with van der Waals surface area (Å²) in [6.07, 6.45) is 0.393. The fourth-order valence-electron chi connectivity index (χ4n) is 3.70. The number of hydrogen-bond acceptors (Lipinski definition) is 5. The molecule has 0 spiro atoms. The van der Waals surface area contributed by atoms with Crippen molar-refractivity contribution in [3.05, 3.63) is 53.1 Å². The molecule has 6 nitrogen and oxygen atoms in total. The Labute approximate surface area is 172 Å². The van der Waals surface area contributed by atoms with E-state index in [0.29, 0.717) is 23.8 Å². The van der Waals surface area contributed by atoms with Crippen molar-refractivity contribution in [2.75, 3.05) is 27.9 Å². The van der Waals surface area contributed by atoms with E-state index >= 15 is 0 Å². The average Bonchev–Trinajstić information content (AvgIpc) is 2.70. The van der Waals surface area contributed by atoms with Gasteiger partial charge in [0.05, 0.1) is 32.9 Å². The van der Waals surface area contributed by atoms with Gasteiger partial charge in [0.15, 0.2) is 0 Å². The summed E-state index contributed by atoms with van der Waals surface area (Å²) in [4.78, 5) is 14.9. The summed E-state index contributed by atoms with van der Waals surface area (Å²) < 4.78 is 22.5. The third-order valence-electron chi connectivity index (χ3n) is 4.94. The molecule has 0 fully saturated rings. The molecule has 3 rings (SSSR count). The van der Waals surface area contributed by atoms with Crippen molar-refractivity contribution in [1.29, 1.82) is 0 Å². The predicted molar refractivity (Wildman–Crippen MR) is 111 cm³/mol. The molecule has 0 saturated heterocycles. The van der Waals surface area contributed by atoms with Gasteiger partial charge in [0.2, 0.25) is 0 Å². The standard InChI is InChI=1S/C23H29NO5/c1-23(2,3)29-22(25)24-12-11-15-9-7-8-10-17(15)21(24)20-18(27-5)13-16(26-4)14-19(20)28-6/h7-10,13-14,21H,11-12H2,1-6H3. The average molecular weight is 399 g/mol. The maximum atomic E-state index is 13.1. The molecule has 0 N–H and O–H groups in total. The summed E-state index contributed by atoms with van der Waals surface area (Å²) >= 11 is 0. The lowest BCUT2D eigenvalue weighted by atomic mass is 9.87. The normalized spacial score (nSPS) is 16.1. The monoisotopic (exact) mass is 399 g/mol. The molecule has 1 heterocycles. The highest BCUT2D eigenvalue weighted by atomic mass is 16.6. The number of benzene rings is 2. The largest absolute Gasteiger partial charge is 0.496 e. The smallest absolute Gasteiger partial charge is 0.411 e. The third-order valence-corrected chi connectivity index (χ3v) is 4.94. The van der Waals surface area contributed by atoms with Crippen molar-refractivity contribution in [1.82, 2.24) is 4.90 Å². The first-order chi connectivity index (χ1) is 13.8. The zero-order valence-electron chi connectivity index (χ0n) is 17.9. The number of methoxy groups -OCH3 is 3. The number of amides is 1. The summed E-state index contributed by atoms with van der Waals surface area (Å²) in [7, 11) is 4.80. The summed E-state index contributed by atoms with van der Waals surface area (Å²) in [6.45, 7) is 6.14. The number of nitrogens with zero attached hydrogens (tertiary/aromatic N) is 1. The Kier molecular flexibility index (Phi) is 5.91. The van der Waals surface area contributed by atoms with E-state index in [1.165, 1.54) is 5.56 Å². The Hall–Kier alpha value is -2.89. The molecular weight excluding hydrogens is 370 g/mol. The molecule has 0 radical (unpaired) electrons. The lowest BCUT2D eigenvalue weighted by Crippen LogP contribution is -2.43. The Bertz CT molecular complexity index is 862. The quantitative estimate of drug-likeness (QED) is 0.752. The summed E-state index contributed by atoms with van der Waals surface area (Å²) in [5.74, 6) is 1.81. The molecule has 1 aliphatic heterocycles. The minimum Gasteiger partial charge on any atom is -0.496 e. The van der Waals surface area contributed by atoms with E-state index < -0.39 is 11.6 Å². The van der Waals surface area contributed by atoms with Crippen molar-refractivity contribution in [2.45, 2.75) is 38.8 Å². The van der Waals surface area contributed by atoms with Crippen LogP contribution in [0.25, 0.3) is 0 Å². The van der Waals surface area contributed by atoms with E-state index in [1.807, 2.05) is 51.1 Å². The van der Waals surface area contributed by atoms with Crippen LogP contribution in [0.3, 0.4) is 0 Å². The van der Waals surface area contributed by atoms with Gasteiger partial charge in [-0.15, -0.1) is 0 Å². The van der Waals surface area contributed by atoms with Gasteiger partial charge < -0.3 is 18.9 Å². The van der Waals surface area contributed by atoms with Crippen LogP contribution in [0.15, 0.2) is 36.4 Å². The van der Waals surface area contributed by atoms with Gasteiger partial charge in [-0.05, 0) is 38.3 Å². The second-order valence-corrected chi connectivity index (χ2v) is 7.97. The first-order valence-electron chi connectivity index (χ1n) is 9.66. The van der Waals surface area contributed by atoms with E-state index in [2.05, 4.69) is 6.07 Å². The van der Waals surface area contributed by atoms with Gasteiger partial charge in [-0.1, -0.05) is 24.3 Å². The summed E-state index contributed by atoms with van der Waals surface area (Å²) in [5.41, 5.74) is 2.41. The van der Waals surface area contributed by atoms with Crippen molar-refractivity contribution >= 4 is 6.09 Å². The van der Waals surface area contributed by atoms with Gasteiger partial charge in [-0.3, -0.25) is 4.90 Å². The highest BCUT2D eigenvalue weighted by molar-refractivity contribution is 5.72. The zero-order valence-corrected chi connectivity index (χ0v) is 17.9. The van der Waals surface area contributed by atoms with E-state index in [0.717, 1.165) is 17.5 Å². The molecule has 0 aliphatic carbocycles. The third kappa shape index (κ3) is 4.26. The van der Waals surface area contributed by atoms with Crippen LogP contribution >= 0.6 is 0 Å². The van der Waals surface area contributed by atoms with Gasteiger partial charge in [0, 0.05) is 18.7 Å². The first kappa shape index (κ1) is 20.8. The summed E-state index contributed by atoms with van der Waals surface area (Å²) in [6, 6.07) is 11.3. The molecule has 0 bridgehead atoms. The molecule has 1 amide bonds. The van der Waals surface area contributed by atoms with Gasteiger partial charge in [-0.25, -0.2) is 4.79 Å². The Balaban J connectivity index is 2.20. The van der Waals surface area contributed by atoms with Crippen molar-refractivity contribution < 1.29 is 23.7 Å². The number of hydrogen-bond donors (Lipinski definition) is 0. The van der Waals surface area contributed by atoms with Crippen LogP contribution in [-0.2, 0) is 11.2 Å². The molecule has 0 aromatic heterocycles. The van der Waals surface area contributed by atoms with E-state index in [9.17, 15) is 4.79 Å². The Morgan fingerprint density at radius 3 is 2.17 bits per heavy atom. The maximum Gasteiger partial charge on any atom is 0.411 e. The second kappa shape index (κ2) is 8.23. The predicted octanol–water partition coefficient (Wildman–Crippen LogP) is 4.60. The lowest BCUT2D eigenvalue weighted by molar-refractivity contribution is 0.0175. The zero-order chi connectivity index (χ0) is 21.2. The molecule has 2 aromatic rings. The maximum absolute atomic E-state index is 13.1. The number of ether oxygens (including phenoxy) is 4. The number of carbonyl (C=O) groups excluding carboxylic acids is 1. The molecule has 6 heteroatoms. The minimum absolute atomic E-state index is 0.364. The van der Waals surface area contributed by atoms with Gasteiger partial charge in [0.25, 0.3) is 0 Å². The van der Waals surface area contributed by atoms with E-state index in [-0.39, 0.29) is 6.09 Å². The van der Waals surface area contributed by atoms with E-state index in [1.54, 1.807) is 26.2 Å². The molecule has 1 unspecified atom stereocenters. The molecule has 1 atom stereocenters. The molecular formula is C23H29NO5. The number of carbonyl (C=O) groups is 1. The SMILES string of the molecule is COc1cc(OC)c(C2c3ccccc3CCN2C(=O)OC(C)(C)C)c(OC)c1. The summed E-state index contributed by atoms with van der Waals surface area (Å²) in [5, 5.41) is 0. The number of fused-ring (bicyclic) bond motifs is 1. The van der Waals surface area contributed by atoms with Crippen molar-refractivity contribution in [3.63, 3.8) is 0 Å². The molecule has 0 saturated carbocycles. The van der Waals surface area contributed by atoms with Crippen LogP contribution in [0.4, 0.5) is 4.79 Å². The van der Waals surface area contributed by atoms with Crippen LogP contribution in [-0.4, -0.2) is 44.5 Å². The molecule has 1 aliphatic rings. The van der Waals surface area contributed by atoms with Gasteiger partial charge >= 0.3 is 6.09 Å². The minimum atomic E-state index is -0.591. The molecule has 29 heavy (non-hydrogen) atoms. The lowest BCUT2D eigenvalue weighted by Gasteiger charge is -2.39. The second-order valence-electron chi connectivity index (χ2n) is 7.97. The fourth-order valence-corrected chi connectivity index (χ4v) is 3.70. The fraction of sp³-hybridized carbons (Fsp3) is 0.435. The van der Waals surface area contributed by atoms with Crippen molar-refractivity contribution in [2.24, 2.45) is 0 Å².